The average Bonchev–Trinajstić information content (AvgIpc) is 4.04. The molecule has 63 heavy (non-hydrogen) atoms. The Labute approximate surface area is 378 Å². The Morgan fingerprint density at radius 3 is 1.37 bits per heavy atom. The summed E-state index contributed by atoms with van der Waals surface area (Å²) in [4.78, 5) is 26.1. The van der Waals surface area contributed by atoms with Gasteiger partial charge in [0.1, 0.15) is 16.5 Å². The van der Waals surface area contributed by atoms with Gasteiger partial charge < -0.3 is 15.4 Å². The second-order valence-corrected chi connectivity index (χ2v) is 20.8. The summed E-state index contributed by atoms with van der Waals surface area (Å²) in [5.41, 5.74) is 6.86. The summed E-state index contributed by atoms with van der Waals surface area (Å²) in [5, 5.41) is 4.19. The fraction of sp³-hybridized carbons (Fsp3) is 0.208. The zero-order chi connectivity index (χ0) is 44.4. The van der Waals surface area contributed by atoms with Crippen LogP contribution in [-0.2, 0) is 42.7 Å². The van der Waals surface area contributed by atoms with E-state index < -0.39 is 30.8 Å². The minimum absolute atomic E-state index is 0.183. The highest BCUT2D eigenvalue weighted by atomic mass is 32.2. The topological polar surface area (TPSA) is 142 Å². The number of benzene rings is 6. The molecule has 6 aromatic rings. The van der Waals surface area contributed by atoms with Gasteiger partial charge in [0, 0.05) is 43.2 Å². The quantitative estimate of drug-likeness (QED) is 0.119. The van der Waals surface area contributed by atoms with Crippen LogP contribution in [0.15, 0.2) is 168 Å². The van der Waals surface area contributed by atoms with Gasteiger partial charge >= 0.3 is 0 Å². The lowest BCUT2D eigenvalue weighted by Crippen LogP contribution is -2.44. The van der Waals surface area contributed by atoms with Crippen LogP contribution in [0, 0.1) is 6.92 Å². The van der Waals surface area contributed by atoms with E-state index >= 15 is 0 Å². The molecule has 2 aliphatic heterocycles. The first-order chi connectivity index (χ1) is 30.5. The lowest BCUT2D eigenvalue weighted by molar-refractivity contribution is -0.123. The van der Waals surface area contributed by atoms with Gasteiger partial charge in [0.05, 0.1) is 16.9 Å². The zero-order valence-electron chi connectivity index (χ0n) is 34.8. The molecule has 2 aliphatic rings. The van der Waals surface area contributed by atoms with Gasteiger partial charge in [0.2, 0.25) is 31.9 Å². The Bertz CT molecular complexity index is 2720. The number of sulfonamides is 2. The number of para-hydroxylation sites is 1. The van der Waals surface area contributed by atoms with Gasteiger partial charge in [-0.15, -0.1) is 23.5 Å². The highest BCUT2D eigenvalue weighted by Gasteiger charge is 2.41. The van der Waals surface area contributed by atoms with Gasteiger partial charge in [-0.2, -0.15) is 8.61 Å². The third-order valence-electron chi connectivity index (χ3n) is 10.6. The maximum absolute atomic E-state index is 13.3. The van der Waals surface area contributed by atoms with Gasteiger partial charge in [-0.3, -0.25) is 9.59 Å². The average molecular weight is 921 g/mol. The molecular weight excluding hydrogens is 873 g/mol. The smallest absolute Gasteiger partial charge is 0.249 e. The van der Waals surface area contributed by atoms with Crippen molar-refractivity contribution in [3.05, 3.63) is 174 Å². The minimum Gasteiger partial charge on any atom is -0.496 e. The summed E-state index contributed by atoms with van der Waals surface area (Å²) in [5.74, 6) is 1.21. The first kappa shape index (κ1) is 45.6. The van der Waals surface area contributed by atoms with Crippen LogP contribution < -0.4 is 15.4 Å². The van der Waals surface area contributed by atoms with Crippen LogP contribution in [0.25, 0.3) is 22.3 Å². The fourth-order valence-electron chi connectivity index (χ4n) is 7.18. The normalized spacial score (nSPS) is 16.7. The molecule has 2 amide bonds. The van der Waals surface area contributed by atoms with E-state index in [0.717, 1.165) is 38.9 Å². The standard InChI is InChI=1S/C24H24N2O4S2.C24H24N2O3S2/c1-30-22-10-6-5-9-20(22)17-25-23(27)24-26(15-16-31-24)32(28,29)21-13-11-19(12-14-21)18-7-3-2-4-8-18;1-18-7-5-6-10-21(18)17-25-23(27)24-26(15-16-30-24)31(28,29)22-13-11-20(12-14-22)19-8-3-2-4-9-19/h2-14,24H,15-17H2,1H3,(H,25,27);2-14,24H,15-17H2,1H3,(H,25,27). The van der Waals surface area contributed by atoms with Crippen molar-refractivity contribution in [2.45, 2.75) is 40.6 Å². The third-order valence-corrected chi connectivity index (χ3v) is 17.1. The van der Waals surface area contributed by atoms with E-state index in [1.54, 1.807) is 55.6 Å². The number of amides is 2. The van der Waals surface area contributed by atoms with E-state index in [0.29, 0.717) is 36.9 Å². The highest BCUT2D eigenvalue weighted by molar-refractivity contribution is 8.02. The van der Waals surface area contributed by atoms with E-state index in [-0.39, 0.29) is 28.2 Å². The number of hydrogen-bond acceptors (Lipinski definition) is 9. The molecule has 11 nitrogen and oxygen atoms in total. The molecule has 2 heterocycles. The first-order valence-corrected chi connectivity index (χ1v) is 25.2. The summed E-state index contributed by atoms with van der Waals surface area (Å²) in [7, 11) is -6.00. The molecule has 2 N–H and O–H groups in total. The van der Waals surface area contributed by atoms with E-state index in [9.17, 15) is 26.4 Å². The van der Waals surface area contributed by atoms with E-state index in [1.807, 2.05) is 116 Å². The predicted octanol–water partition coefficient (Wildman–Crippen LogP) is 7.78. The number of rotatable bonds is 13. The second kappa shape index (κ2) is 20.8. The van der Waals surface area contributed by atoms with Crippen LogP contribution >= 0.6 is 23.5 Å². The molecule has 0 spiro atoms. The molecule has 2 fully saturated rings. The third kappa shape index (κ3) is 10.9. The fourth-order valence-corrected chi connectivity index (χ4v) is 13.4. The first-order valence-electron chi connectivity index (χ1n) is 20.3. The molecule has 0 radical (unpaired) electrons. The zero-order valence-corrected chi connectivity index (χ0v) is 38.1. The van der Waals surface area contributed by atoms with Gasteiger partial charge in [0.25, 0.3) is 0 Å². The monoisotopic (exact) mass is 920 g/mol. The van der Waals surface area contributed by atoms with Gasteiger partial charge in [-0.25, -0.2) is 16.8 Å². The van der Waals surface area contributed by atoms with Crippen LogP contribution in [0.2, 0.25) is 0 Å². The number of methoxy groups -OCH3 is 1. The molecular formula is C48H48N4O7S4. The number of nitrogens with zero attached hydrogens (tertiary/aromatic N) is 2. The Hall–Kier alpha value is -5.42. The van der Waals surface area contributed by atoms with Crippen molar-refractivity contribution in [3.63, 3.8) is 0 Å². The molecule has 2 saturated heterocycles. The summed E-state index contributed by atoms with van der Waals surface area (Å²) in [6, 6.07) is 48.4. The molecule has 2 atom stereocenters. The number of ether oxygens (including phenoxy) is 1. The van der Waals surface area contributed by atoms with Crippen molar-refractivity contribution >= 4 is 55.4 Å². The van der Waals surface area contributed by atoms with Crippen molar-refractivity contribution in [3.8, 4) is 28.0 Å². The number of carbonyl (C=O) groups is 2. The summed E-state index contributed by atoms with van der Waals surface area (Å²) in [6.07, 6.45) is 0. The molecule has 0 aliphatic carbocycles. The maximum Gasteiger partial charge on any atom is 0.249 e. The SMILES string of the molecule is COc1ccccc1CNC(=O)C1SCCN1S(=O)(=O)c1ccc(-c2ccccc2)cc1.Cc1ccccc1CNC(=O)C1SCCN1S(=O)(=O)c1ccc(-c2ccccc2)cc1. The highest BCUT2D eigenvalue weighted by Crippen LogP contribution is 2.33. The van der Waals surface area contributed by atoms with Crippen molar-refractivity contribution in [1.82, 2.24) is 19.2 Å². The van der Waals surface area contributed by atoms with E-state index in [1.165, 1.54) is 32.1 Å². The molecule has 6 aromatic carbocycles. The Morgan fingerprint density at radius 1 is 0.540 bits per heavy atom. The van der Waals surface area contributed by atoms with E-state index in [2.05, 4.69) is 10.6 Å². The van der Waals surface area contributed by atoms with Crippen LogP contribution in [0.3, 0.4) is 0 Å². The predicted molar refractivity (Wildman–Crippen MR) is 252 cm³/mol. The van der Waals surface area contributed by atoms with Crippen molar-refractivity contribution in [2.24, 2.45) is 0 Å². The van der Waals surface area contributed by atoms with Crippen LogP contribution in [0.4, 0.5) is 0 Å². The number of aryl methyl sites for hydroxylation is 1. The summed E-state index contributed by atoms with van der Waals surface area (Å²) in [6.45, 7) is 3.24. The van der Waals surface area contributed by atoms with Crippen LogP contribution in [0.1, 0.15) is 16.7 Å². The number of carbonyl (C=O) groups excluding carboxylic acids is 2. The minimum atomic E-state index is -3.80. The van der Waals surface area contributed by atoms with Gasteiger partial charge in [0.15, 0.2) is 0 Å². The molecule has 0 bridgehead atoms. The molecule has 15 heteroatoms. The van der Waals surface area contributed by atoms with Gasteiger partial charge in [-0.05, 0) is 70.6 Å². The van der Waals surface area contributed by atoms with E-state index in [4.69, 9.17) is 4.74 Å². The maximum atomic E-state index is 13.3. The number of thioether (sulfide) groups is 2. The second-order valence-electron chi connectivity index (χ2n) is 14.6. The number of hydrogen-bond donors (Lipinski definition) is 2. The molecule has 0 saturated carbocycles. The Balaban J connectivity index is 0.000000189. The van der Waals surface area contributed by atoms with Crippen molar-refractivity contribution < 1.29 is 31.2 Å². The van der Waals surface area contributed by atoms with Crippen LogP contribution in [-0.4, -0.2) is 79.7 Å². The molecule has 2 unspecified atom stereocenters. The van der Waals surface area contributed by atoms with Crippen molar-refractivity contribution in [1.29, 1.82) is 0 Å². The summed E-state index contributed by atoms with van der Waals surface area (Å²) >= 11 is 2.68. The largest absolute Gasteiger partial charge is 0.496 e. The lowest BCUT2D eigenvalue weighted by Gasteiger charge is -2.23. The summed E-state index contributed by atoms with van der Waals surface area (Å²) < 4.78 is 61.0. The lowest BCUT2D eigenvalue weighted by atomic mass is 10.1. The molecule has 0 aromatic heterocycles. The Morgan fingerprint density at radius 2 is 0.921 bits per heavy atom. The Kier molecular flexibility index (Phi) is 15.1. The molecule has 326 valence electrons. The molecule has 8 rings (SSSR count). The number of nitrogens with one attached hydrogen (secondary N) is 2. The van der Waals surface area contributed by atoms with Gasteiger partial charge in [-0.1, -0.05) is 127 Å². The van der Waals surface area contributed by atoms with Crippen LogP contribution in [0.5, 0.6) is 5.75 Å². The van der Waals surface area contributed by atoms with Crippen molar-refractivity contribution in [2.75, 3.05) is 31.7 Å².